The second kappa shape index (κ2) is 13.8. The van der Waals surface area contributed by atoms with Crippen molar-refractivity contribution in [2.75, 3.05) is 0 Å². The second-order valence-electron chi connectivity index (χ2n) is 16.2. The maximum Gasteiger partial charge on any atom is 0.137 e. The molecule has 1 aliphatic carbocycles. The monoisotopic (exact) mass is 678 g/mol. The fraction of sp³-hybridized carbons (Fsp3) is 0.391. The van der Waals surface area contributed by atoms with Crippen molar-refractivity contribution in [3.8, 4) is 23.0 Å². The zero-order valence-electron chi connectivity index (χ0n) is 32.2. The number of hydrogen-bond acceptors (Lipinski definition) is 3. The summed E-state index contributed by atoms with van der Waals surface area (Å²) in [5.74, 6) is 5.34. The predicted octanol–water partition coefficient (Wildman–Crippen LogP) is 12.6. The van der Waals surface area contributed by atoms with Gasteiger partial charge in [0.1, 0.15) is 17.3 Å². The average Bonchev–Trinajstić information content (AvgIpc) is 3.57. The lowest BCUT2D eigenvalue weighted by atomic mass is 9.72. The molecule has 51 heavy (non-hydrogen) atoms. The second-order valence-corrected chi connectivity index (χ2v) is 16.2. The lowest BCUT2D eigenvalue weighted by Crippen LogP contribution is -2.21. The average molecular weight is 679 g/mol. The molecule has 0 amide bonds. The van der Waals surface area contributed by atoms with Gasteiger partial charge in [-0.2, -0.15) is 5.10 Å². The van der Waals surface area contributed by atoms with Crippen molar-refractivity contribution in [1.29, 1.82) is 0 Å². The Labute approximate surface area is 304 Å². The first-order valence-electron chi connectivity index (χ1n) is 19.0. The van der Waals surface area contributed by atoms with Crippen LogP contribution in [0.15, 0.2) is 90.6 Å². The van der Waals surface area contributed by atoms with Gasteiger partial charge in [-0.25, -0.2) is 9.67 Å². The molecule has 0 aliphatic heterocycles. The van der Waals surface area contributed by atoms with E-state index < -0.39 is 0 Å². The Balaban J connectivity index is 1.35. The molecule has 0 bridgehead atoms. The van der Waals surface area contributed by atoms with E-state index >= 15 is 0 Å². The number of aryl methyl sites for hydroxylation is 1. The number of ether oxygens (including phenoxy) is 1. The maximum absolute atomic E-state index is 6.82. The van der Waals surface area contributed by atoms with E-state index in [1.165, 1.54) is 45.2 Å². The summed E-state index contributed by atoms with van der Waals surface area (Å²) < 4.78 is 11.3. The minimum Gasteiger partial charge on any atom is -0.457 e. The quantitative estimate of drug-likeness (QED) is 0.143. The van der Waals surface area contributed by atoms with Gasteiger partial charge in [0.15, 0.2) is 0 Å². The standard InChI is InChI=1S/C46H54N4O/c1-27(2)19-43-46(45-31(8)20-30(7)21-32(45)9)33(10)48-50(43)36-22-35(29(5)6)23-38(25-36)51-37-15-16-40-39-13-11-12-14-41(39)49(42(40)26-37)44-24-34(28(3)4)17-18-47-44/h11-18,20,22-30,32,45H,19,21H2,1-10H3/t30-,32?,45-/m0/s1. The van der Waals surface area contributed by atoms with Crippen molar-refractivity contribution < 1.29 is 4.74 Å². The minimum atomic E-state index is 0.325. The molecule has 5 nitrogen and oxygen atoms in total. The van der Waals surface area contributed by atoms with E-state index in [9.17, 15) is 0 Å². The minimum absolute atomic E-state index is 0.325. The molecule has 1 unspecified atom stereocenters. The summed E-state index contributed by atoms with van der Waals surface area (Å²) in [6.07, 6.45) is 6.58. The Bertz CT molecular complexity index is 2250. The Hall–Kier alpha value is -4.64. The van der Waals surface area contributed by atoms with E-state index in [2.05, 4.69) is 157 Å². The molecule has 0 spiro atoms. The fourth-order valence-electron chi connectivity index (χ4n) is 8.52. The third-order valence-electron chi connectivity index (χ3n) is 10.8. The summed E-state index contributed by atoms with van der Waals surface area (Å²) in [7, 11) is 0. The molecule has 3 atom stereocenters. The largest absolute Gasteiger partial charge is 0.457 e. The van der Waals surface area contributed by atoms with Crippen LogP contribution >= 0.6 is 0 Å². The molecule has 5 heteroatoms. The Morgan fingerprint density at radius 2 is 1.53 bits per heavy atom. The van der Waals surface area contributed by atoms with Crippen LogP contribution in [-0.2, 0) is 6.42 Å². The van der Waals surface area contributed by atoms with Gasteiger partial charge in [0.25, 0.3) is 0 Å². The molecule has 7 rings (SSSR count). The van der Waals surface area contributed by atoms with E-state index in [1.807, 2.05) is 6.20 Å². The van der Waals surface area contributed by atoms with Gasteiger partial charge in [-0.3, -0.25) is 4.57 Å². The van der Waals surface area contributed by atoms with Crippen LogP contribution in [0, 0.1) is 24.7 Å². The third-order valence-corrected chi connectivity index (χ3v) is 10.8. The Morgan fingerprint density at radius 3 is 2.25 bits per heavy atom. The van der Waals surface area contributed by atoms with Crippen LogP contribution in [0.1, 0.15) is 115 Å². The molecule has 1 aliphatic rings. The van der Waals surface area contributed by atoms with Gasteiger partial charge >= 0.3 is 0 Å². The molecular formula is C46H54N4O. The lowest BCUT2D eigenvalue weighted by Gasteiger charge is -2.33. The molecule has 0 fully saturated rings. The SMILES string of the molecule is CC1=C[C@H](C)CC(C)[C@H]1c1c(C)nn(-c2cc(Oc3ccc4c5ccccc5n(-c5cc(C(C)C)ccn5)c4c3)cc(C(C)C)c2)c1CC(C)C. The van der Waals surface area contributed by atoms with Crippen molar-refractivity contribution in [3.05, 3.63) is 119 Å². The van der Waals surface area contributed by atoms with Crippen LogP contribution in [0.2, 0.25) is 0 Å². The summed E-state index contributed by atoms with van der Waals surface area (Å²) in [4.78, 5) is 4.85. The van der Waals surface area contributed by atoms with Crippen molar-refractivity contribution in [2.45, 2.75) is 99.8 Å². The highest BCUT2D eigenvalue weighted by molar-refractivity contribution is 6.09. The topological polar surface area (TPSA) is 44.9 Å². The highest BCUT2D eigenvalue weighted by Gasteiger charge is 2.33. The molecule has 0 N–H and O–H groups in total. The van der Waals surface area contributed by atoms with Crippen molar-refractivity contribution in [1.82, 2.24) is 19.3 Å². The number of hydrogen-bond donors (Lipinski definition) is 0. The highest BCUT2D eigenvalue weighted by atomic mass is 16.5. The van der Waals surface area contributed by atoms with Crippen LogP contribution in [0.5, 0.6) is 11.5 Å². The summed E-state index contributed by atoms with van der Waals surface area (Å²) in [5.41, 5.74) is 11.1. The lowest BCUT2D eigenvalue weighted by molar-refractivity contribution is 0.388. The number of fused-ring (bicyclic) bond motifs is 3. The normalized spacial score (nSPS) is 18.1. The van der Waals surface area contributed by atoms with E-state index in [0.717, 1.165) is 46.2 Å². The first-order chi connectivity index (χ1) is 24.4. The molecular weight excluding hydrogens is 625 g/mol. The van der Waals surface area contributed by atoms with Gasteiger partial charge in [-0.15, -0.1) is 0 Å². The molecule has 6 aromatic rings. The molecule has 0 saturated heterocycles. The molecule has 3 heterocycles. The van der Waals surface area contributed by atoms with E-state index in [-0.39, 0.29) is 0 Å². The molecule has 3 aromatic heterocycles. The maximum atomic E-state index is 6.82. The van der Waals surface area contributed by atoms with Crippen molar-refractivity contribution in [3.63, 3.8) is 0 Å². The number of pyridine rings is 1. The molecule has 3 aromatic carbocycles. The third kappa shape index (κ3) is 6.64. The summed E-state index contributed by atoms with van der Waals surface area (Å²) in [6.45, 7) is 22.9. The number of nitrogens with zero attached hydrogens (tertiary/aromatic N) is 4. The van der Waals surface area contributed by atoms with Crippen LogP contribution in [0.4, 0.5) is 0 Å². The number of benzene rings is 3. The number of aromatic nitrogens is 4. The van der Waals surface area contributed by atoms with Gasteiger partial charge in [0.2, 0.25) is 0 Å². The van der Waals surface area contributed by atoms with Crippen LogP contribution in [0.3, 0.4) is 0 Å². The fourth-order valence-corrected chi connectivity index (χ4v) is 8.52. The summed E-state index contributed by atoms with van der Waals surface area (Å²) in [5, 5.41) is 7.68. The zero-order valence-corrected chi connectivity index (χ0v) is 32.2. The highest BCUT2D eigenvalue weighted by Crippen LogP contribution is 2.44. The van der Waals surface area contributed by atoms with Gasteiger partial charge in [-0.1, -0.05) is 85.2 Å². The smallest absolute Gasteiger partial charge is 0.137 e. The van der Waals surface area contributed by atoms with Crippen molar-refractivity contribution >= 4 is 21.8 Å². The zero-order chi connectivity index (χ0) is 36.1. The molecule has 0 radical (unpaired) electrons. The van der Waals surface area contributed by atoms with E-state index in [0.29, 0.717) is 35.5 Å². The summed E-state index contributed by atoms with van der Waals surface area (Å²) >= 11 is 0. The van der Waals surface area contributed by atoms with E-state index in [4.69, 9.17) is 14.8 Å². The van der Waals surface area contributed by atoms with Crippen LogP contribution in [0.25, 0.3) is 33.3 Å². The van der Waals surface area contributed by atoms with Gasteiger partial charge in [0.05, 0.1) is 22.4 Å². The van der Waals surface area contributed by atoms with E-state index in [1.54, 1.807) is 0 Å². The Morgan fingerprint density at radius 1 is 0.784 bits per heavy atom. The number of rotatable bonds is 9. The molecule has 0 saturated carbocycles. The Kier molecular flexibility index (Phi) is 9.43. The van der Waals surface area contributed by atoms with Crippen LogP contribution < -0.4 is 4.74 Å². The predicted molar refractivity (Wildman–Crippen MR) is 213 cm³/mol. The number of para-hydroxylation sites is 1. The first kappa shape index (κ1) is 34.8. The van der Waals surface area contributed by atoms with Gasteiger partial charge in [-0.05, 0) is 110 Å². The summed E-state index contributed by atoms with van der Waals surface area (Å²) in [6, 6.07) is 26.0. The number of allylic oxidation sites excluding steroid dienone is 2. The van der Waals surface area contributed by atoms with Crippen LogP contribution in [-0.4, -0.2) is 19.3 Å². The van der Waals surface area contributed by atoms with Crippen molar-refractivity contribution in [2.24, 2.45) is 17.8 Å². The van der Waals surface area contributed by atoms with Gasteiger partial charge < -0.3 is 4.74 Å². The van der Waals surface area contributed by atoms with Gasteiger partial charge in [0, 0.05) is 46.3 Å². The first-order valence-corrected chi connectivity index (χ1v) is 19.0. The molecule has 264 valence electrons.